The summed E-state index contributed by atoms with van der Waals surface area (Å²) < 4.78 is 38.1. The average molecular weight is 335 g/mol. The van der Waals surface area contributed by atoms with Crippen molar-refractivity contribution in [3.63, 3.8) is 0 Å². The van der Waals surface area contributed by atoms with E-state index in [4.69, 9.17) is 0 Å². The highest BCUT2D eigenvalue weighted by molar-refractivity contribution is 8.00. The number of alkyl halides is 3. The third kappa shape index (κ3) is 3.42. The maximum atomic E-state index is 12.7. The number of halogens is 3. The number of aromatic nitrogens is 1. The summed E-state index contributed by atoms with van der Waals surface area (Å²) in [4.78, 5) is 15.8. The van der Waals surface area contributed by atoms with E-state index in [1.54, 1.807) is 12.3 Å². The van der Waals surface area contributed by atoms with Crippen LogP contribution >= 0.6 is 11.8 Å². The van der Waals surface area contributed by atoms with Crippen molar-refractivity contribution >= 4 is 28.4 Å². The van der Waals surface area contributed by atoms with Crippen LogP contribution in [0.15, 0.2) is 59.6 Å². The van der Waals surface area contributed by atoms with E-state index in [2.05, 4.69) is 4.98 Å². The molecule has 0 atom stereocenters. The number of para-hydroxylation sites is 1. The van der Waals surface area contributed by atoms with Crippen molar-refractivity contribution < 1.29 is 18.0 Å². The highest BCUT2D eigenvalue weighted by Gasteiger charge is 2.30. The molecule has 0 amide bonds. The molecular weight excluding hydrogens is 323 g/mol. The third-order valence-electron chi connectivity index (χ3n) is 3.42. The molecule has 1 aromatic heterocycles. The molecule has 0 radical (unpaired) electrons. The molecule has 2 nitrogen and oxygen atoms in total. The van der Waals surface area contributed by atoms with Crippen LogP contribution in [0, 0.1) is 0 Å². The molecule has 0 bridgehead atoms. The van der Waals surface area contributed by atoms with Gasteiger partial charge in [-0.25, -0.2) is 0 Å². The second kappa shape index (κ2) is 6.12. The van der Waals surface area contributed by atoms with Crippen molar-refractivity contribution in [1.29, 1.82) is 0 Å². The molecule has 118 valence electrons. The Balaban J connectivity index is 1.75. The molecule has 3 rings (SSSR count). The first-order chi connectivity index (χ1) is 10.9. The minimum atomic E-state index is -4.38. The maximum absolute atomic E-state index is 12.7. The van der Waals surface area contributed by atoms with Gasteiger partial charge in [-0.3, -0.25) is 4.79 Å². The maximum Gasteiger partial charge on any atom is 0.416 e. The monoisotopic (exact) mass is 335 g/mol. The first kappa shape index (κ1) is 15.7. The fourth-order valence-corrected chi connectivity index (χ4v) is 3.13. The van der Waals surface area contributed by atoms with Crippen LogP contribution in [0.5, 0.6) is 0 Å². The molecule has 0 aliphatic heterocycles. The van der Waals surface area contributed by atoms with Crippen LogP contribution in [0.1, 0.15) is 15.9 Å². The molecule has 1 heterocycles. The van der Waals surface area contributed by atoms with Gasteiger partial charge in [0.05, 0.1) is 11.3 Å². The van der Waals surface area contributed by atoms with Crippen molar-refractivity contribution in [2.45, 2.75) is 11.1 Å². The Morgan fingerprint density at radius 2 is 1.87 bits per heavy atom. The molecule has 2 aromatic carbocycles. The summed E-state index contributed by atoms with van der Waals surface area (Å²) in [6.45, 7) is 0. The molecule has 0 saturated carbocycles. The second-order valence-corrected chi connectivity index (χ2v) is 6.03. The lowest BCUT2D eigenvalue weighted by molar-refractivity contribution is -0.137. The Kier molecular flexibility index (Phi) is 4.17. The zero-order valence-corrected chi connectivity index (χ0v) is 12.7. The van der Waals surface area contributed by atoms with Crippen molar-refractivity contribution in [3.05, 3.63) is 65.9 Å². The van der Waals surface area contributed by atoms with Crippen molar-refractivity contribution in [2.75, 3.05) is 5.75 Å². The molecule has 3 aromatic rings. The van der Waals surface area contributed by atoms with E-state index in [9.17, 15) is 18.0 Å². The van der Waals surface area contributed by atoms with Crippen LogP contribution < -0.4 is 0 Å². The number of aromatic amines is 1. The Morgan fingerprint density at radius 1 is 1.09 bits per heavy atom. The molecule has 0 unspecified atom stereocenters. The number of ketones is 1. The van der Waals surface area contributed by atoms with Gasteiger partial charge in [0.25, 0.3) is 0 Å². The van der Waals surface area contributed by atoms with Crippen LogP contribution in [-0.4, -0.2) is 16.5 Å². The van der Waals surface area contributed by atoms with Gasteiger partial charge in [-0.1, -0.05) is 24.3 Å². The quantitative estimate of drug-likeness (QED) is 0.527. The Bertz CT molecular complexity index is 854. The van der Waals surface area contributed by atoms with Gasteiger partial charge in [-0.05, 0) is 24.3 Å². The Labute approximate surface area is 134 Å². The average Bonchev–Trinajstić information content (AvgIpc) is 2.96. The van der Waals surface area contributed by atoms with Gasteiger partial charge >= 0.3 is 6.18 Å². The highest BCUT2D eigenvalue weighted by atomic mass is 32.2. The molecule has 6 heteroatoms. The van der Waals surface area contributed by atoms with Gasteiger partial charge in [0.1, 0.15) is 0 Å². The summed E-state index contributed by atoms with van der Waals surface area (Å²) >= 11 is 1.10. The predicted octanol–water partition coefficient (Wildman–Crippen LogP) is 5.16. The van der Waals surface area contributed by atoms with Gasteiger partial charge in [-0.15, -0.1) is 11.8 Å². The number of carbonyl (C=O) groups excluding carboxylic acids is 1. The number of nitrogens with one attached hydrogen (secondary N) is 1. The summed E-state index contributed by atoms with van der Waals surface area (Å²) in [6.07, 6.45) is -2.74. The van der Waals surface area contributed by atoms with Crippen LogP contribution in [0.3, 0.4) is 0 Å². The molecular formula is C17H12F3NOS. The van der Waals surface area contributed by atoms with E-state index in [0.29, 0.717) is 10.5 Å². The van der Waals surface area contributed by atoms with Crippen molar-refractivity contribution in [2.24, 2.45) is 0 Å². The number of thioether (sulfide) groups is 1. The van der Waals surface area contributed by atoms with Crippen molar-refractivity contribution in [1.82, 2.24) is 4.98 Å². The standard InChI is InChI=1S/C17H12F3NOS/c18-17(19,20)11-4-3-5-12(8-11)23-10-16(22)14-9-21-15-7-2-1-6-13(14)15/h1-9,21H,10H2. The van der Waals surface area contributed by atoms with E-state index in [1.807, 2.05) is 24.3 Å². The van der Waals surface area contributed by atoms with Gasteiger partial charge in [-0.2, -0.15) is 13.2 Å². The van der Waals surface area contributed by atoms with Gasteiger partial charge in [0.15, 0.2) is 5.78 Å². The fourth-order valence-electron chi connectivity index (χ4n) is 2.29. The number of carbonyl (C=O) groups is 1. The predicted molar refractivity (Wildman–Crippen MR) is 84.8 cm³/mol. The van der Waals surface area contributed by atoms with E-state index < -0.39 is 11.7 Å². The van der Waals surface area contributed by atoms with Gasteiger partial charge in [0.2, 0.25) is 0 Å². The number of benzene rings is 2. The number of fused-ring (bicyclic) bond motifs is 1. The van der Waals surface area contributed by atoms with Gasteiger partial charge in [0, 0.05) is 27.6 Å². The van der Waals surface area contributed by atoms with E-state index in [1.165, 1.54) is 6.07 Å². The smallest absolute Gasteiger partial charge is 0.360 e. The summed E-state index contributed by atoms with van der Waals surface area (Å²) in [5.41, 5.74) is 0.710. The number of hydrogen-bond donors (Lipinski definition) is 1. The number of H-pyrrole nitrogens is 1. The number of Topliss-reactive ketones (excluding diaryl/α,β-unsaturated/α-hetero) is 1. The van der Waals surface area contributed by atoms with E-state index >= 15 is 0 Å². The largest absolute Gasteiger partial charge is 0.416 e. The lowest BCUT2D eigenvalue weighted by atomic mass is 10.1. The van der Waals surface area contributed by atoms with Crippen LogP contribution in [0.4, 0.5) is 13.2 Å². The molecule has 0 aliphatic carbocycles. The fraction of sp³-hybridized carbons (Fsp3) is 0.118. The zero-order valence-electron chi connectivity index (χ0n) is 11.9. The summed E-state index contributed by atoms with van der Waals surface area (Å²) in [5.74, 6) is -0.0340. The SMILES string of the molecule is O=C(CSc1cccc(C(F)(F)F)c1)c1c[nH]c2ccccc12. The normalized spacial score (nSPS) is 11.8. The van der Waals surface area contributed by atoms with Crippen molar-refractivity contribution in [3.8, 4) is 0 Å². The third-order valence-corrected chi connectivity index (χ3v) is 4.41. The molecule has 23 heavy (non-hydrogen) atoms. The Morgan fingerprint density at radius 3 is 2.65 bits per heavy atom. The minimum Gasteiger partial charge on any atom is -0.360 e. The highest BCUT2D eigenvalue weighted by Crippen LogP contribution is 2.32. The summed E-state index contributed by atoms with van der Waals surface area (Å²) in [5, 5.41) is 0.821. The molecule has 0 saturated heterocycles. The zero-order chi connectivity index (χ0) is 16.4. The van der Waals surface area contributed by atoms with E-state index in [0.717, 1.165) is 34.8 Å². The number of rotatable bonds is 4. The first-order valence-corrected chi connectivity index (χ1v) is 7.83. The second-order valence-electron chi connectivity index (χ2n) is 4.99. The minimum absolute atomic E-state index is 0.0865. The van der Waals surface area contributed by atoms with Crippen LogP contribution in [0.2, 0.25) is 0 Å². The number of hydrogen-bond acceptors (Lipinski definition) is 2. The first-order valence-electron chi connectivity index (χ1n) is 6.84. The van der Waals surface area contributed by atoms with E-state index in [-0.39, 0.29) is 11.5 Å². The summed E-state index contributed by atoms with van der Waals surface area (Å²) in [7, 11) is 0. The topological polar surface area (TPSA) is 32.9 Å². The molecule has 0 aliphatic rings. The Hall–Kier alpha value is -2.21. The summed E-state index contributed by atoms with van der Waals surface area (Å²) in [6, 6.07) is 12.4. The lowest BCUT2D eigenvalue weighted by Gasteiger charge is -2.08. The molecule has 1 N–H and O–H groups in total. The van der Waals surface area contributed by atoms with Gasteiger partial charge < -0.3 is 4.98 Å². The lowest BCUT2D eigenvalue weighted by Crippen LogP contribution is -2.05. The van der Waals surface area contributed by atoms with Crippen LogP contribution in [0.25, 0.3) is 10.9 Å². The molecule has 0 fully saturated rings. The molecule has 0 spiro atoms. The van der Waals surface area contributed by atoms with Crippen LogP contribution in [-0.2, 0) is 6.18 Å².